The Morgan fingerprint density at radius 2 is 1.54 bits per heavy atom. The highest BCUT2D eigenvalue weighted by Crippen LogP contribution is 2.44. The Hall–Kier alpha value is -3.11. The number of amides is 1. The zero-order valence-electron chi connectivity index (χ0n) is 15.8. The van der Waals surface area contributed by atoms with E-state index in [1.807, 2.05) is 55.5 Å². The highest BCUT2D eigenvalue weighted by molar-refractivity contribution is 5.79. The smallest absolute Gasteiger partial charge is 0.407 e. The predicted octanol–water partition coefficient (Wildman–Crippen LogP) is 4.57. The first-order chi connectivity index (χ1) is 13.7. The summed E-state index contributed by atoms with van der Waals surface area (Å²) in [6, 6.07) is 23.7. The fourth-order valence-corrected chi connectivity index (χ4v) is 3.82. The molecular formula is C24H23NO3. The standard InChI is InChI=1S/C24H23NO3/c1-16-10-12-17(13-11-16)23(14-26)25-24(27)28-15-22-20-8-4-2-6-18(20)19-7-3-5-9-21(19)22/h2-13,22-23,26H,14-15H2,1H3,(H,25,27). The van der Waals surface area contributed by atoms with Gasteiger partial charge in [-0.05, 0) is 34.7 Å². The molecule has 0 spiro atoms. The van der Waals surface area contributed by atoms with Gasteiger partial charge in [-0.3, -0.25) is 0 Å². The Kier molecular flexibility index (Phi) is 5.13. The number of rotatable bonds is 5. The Labute approximate surface area is 164 Å². The van der Waals surface area contributed by atoms with E-state index < -0.39 is 12.1 Å². The van der Waals surface area contributed by atoms with Gasteiger partial charge in [0.15, 0.2) is 0 Å². The Morgan fingerprint density at radius 3 is 2.11 bits per heavy atom. The minimum absolute atomic E-state index is 0.0186. The van der Waals surface area contributed by atoms with Crippen LogP contribution in [0.3, 0.4) is 0 Å². The lowest BCUT2D eigenvalue weighted by atomic mass is 9.98. The molecule has 28 heavy (non-hydrogen) atoms. The van der Waals surface area contributed by atoms with Crippen LogP contribution in [0.1, 0.15) is 34.2 Å². The van der Waals surface area contributed by atoms with Crippen LogP contribution in [-0.2, 0) is 4.74 Å². The average Bonchev–Trinajstić information content (AvgIpc) is 3.05. The number of carbonyl (C=O) groups excluding carboxylic acids is 1. The minimum atomic E-state index is -0.526. The molecule has 1 aliphatic carbocycles. The van der Waals surface area contributed by atoms with Gasteiger partial charge in [-0.1, -0.05) is 78.4 Å². The fourth-order valence-electron chi connectivity index (χ4n) is 3.82. The molecule has 1 unspecified atom stereocenters. The molecule has 0 heterocycles. The number of hydrogen-bond acceptors (Lipinski definition) is 3. The summed E-state index contributed by atoms with van der Waals surface area (Å²) in [7, 11) is 0. The van der Waals surface area contributed by atoms with Crippen LogP contribution in [0.25, 0.3) is 11.1 Å². The first-order valence-corrected chi connectivity index (χ1v) is 9.46. The average molecular weight is 373 g/mol. The number of ether oxygens (including phenoxy) is 1. The molecule has 4 heteroatoms. The predicted molar refractivity (Wildman–Crippen MR) is 109 cm³/mol. The number of aliphatic hydroxyl groups excluding tert-OH is 1. The zero-order valence-corrected chi connectivity index (χ0v) is 15.8. The molecule has 142 valence electrons. The summed E-state index contributed by atoms with van der Waals surface area (Å²) in [5, 5.41) is 12.4. The van der Waals surface area contributed by atoms with Crippen molar-refractivity contribution in [3.05, 3.63) is 95.1 Å². The van der Waals surface area contributed by atoms with Crippen LogP contribution < -0.4 is 5.32 Å². The van der Waals surface area contributed by atoms with Crippen LogP contribution in [0.4, 0.5) is 4.79 Å². The zero-order chi connectivity index (χ0) is 19.5. The number of nitrogens with one attached hydrogen (secondary N) is 1. The fraction of sp³-hybridized carbons (Fsp3) is 0.208. The number of aryl methyl sites for hydroxylation is 1. The summed E-state index contributed by atoms with van der Waals surface area (Å²) in [5.41, 5.74) is 6.71. The number of benzene rings is 3. The van der Waals surface area contributed by atoms with Crippen molar-refractivity contribution in [2.24, 2.45) is 0 Å². The SMILES string of the molecule is Cc1ccc(C(CO)NC(=O)OCC2c3ccccc3-c3ccccc32)cc1. The third kappa shape index (κ3) is 3.51. The van der Waals surface area contributed by atoms with E-state index in [0.29, 0.717) is 0 Å². The molecule has 4 rings (SSSR count). The van der Waals surface area contributed by atoms with Gasteiger partial charge >= 0.3 is 6.09 Å². The van der Waals surface area contributed by atoms with Gasteiger partial charge in [-0.2, -0.15) is 0 Å². The van der Waals surface area contributed by atoms with Gasteiger partial charge < -0.3 is 15.2 Å². The van der Waals surface area contributed by atoms with Crippen LogP contribution in [0.5, 0.6) is 0 Å². The summed E-state index contributed by atoms with van der Waals surface area (Å²) in [5.74, 6) is 0.0186. The lowest BCUT2D eigenvalue weighted by Gasteiger charge is -2.19. The number of aliphatic hydroxyl groups is 1. The Balaban J connectivity index is 1.45. The molecule has 0 saturated heterocycles. The first-order valence-electron chi connectivity index (χ1n) is 9.46. The molecule has 0 fully saturated rings. The molecule has 2 N–H and O–H groups in total. The van der Waals surface area contributed by atoms with Crippen molar-refractivity contribution in [3.63, 3.8) is 0 Å². The van der Waals surface area contributed by atoms with E-state index in [1.54, 1.807) is 0 Å². The molecule has 0 saturated carbocycles. The van der Waals surface area contributed by atoms with E-state index in [0.717, 1.165) is 11.1 Å². The topological polar surface area (TPSA) is 58.6 Å². The van der Waals surface area contributed by atoms with E-state index in [1.165, 1.54) is 22.3 Å². The van der Waals surface area contributed by atoms with E-state index in [4.69, 9.17) is 4.74 Å². The van der Waals surface area contributed by atoms with Crippen LogP contribution >= 0.6 is 0 Å². The number of fused-ring (bicyclic) bond motifs is 3. The van der Waals surface area contributed by atoms with Crippen molar-refractivity contribution in [3.8, 4) is 11.1 Å². The van der Waals surface area contributed by atoms with Gasteiger partial charge in [-0.25, -0.2) is 4.79 Å². The molecule has 0 bridgehead atoms. The van der Waals surface area contributed by atoms with Crippen molar-refractivity contribution < 1.29 is 14.6 Å². The second-order valence-corrected chi connectivity index (χ2v) is 7.12. The second-order valence-electron chi connectivity index (χ2n) is 7.12. The van der Waals surface area contributed by atoms with E-state index in [9.17, 15) is 9.90 Å². The number of hydrogen-bond donors (Lipinski definition) is 2. The molecule has 3 aromatic carbocycles. The van der Waals surface area contributed by atoms with Gasteiger partial charge in [0.2, 0.25) is 0 Å². The van der Waals surface area contributed by atoms with Gasteiger partial charge in [-0.15, -0.1) is 0 Å². The lowest BCUT2D eigenvalue weighted by molar-refractivity contribution is 0.132. The molecule has 0 aliphatic heterocycles. The highest BCUT2D eigenvalue weighted by atomic mass is 16.5. The summed E-state index contributed by atoms with van der Waals surface area (Å²) < 4.78 is 5.56. The van der Waals surface area contributed by atoms with Crippen LogP contribution in [-0.4, -0.2) is 24.4 Å². The van der Waals surface area contributed by atoms with Gasteiger partial charge in [0, 0.05) is 5.92 Å². The monoisotopic (exact) mass is 373 g/mol. The molecule has 0 radical (unpaired) electrons. The summed E-state index contributed by atoms with van der Waals surface area (Å²) in [6.07, 6.45) is -0.526. The molecule has 4 nitrogen and oxygen atoms in total. The van der Waals surface area contributed by atoms with Crippen molar-refractivity contribution >= 4 is 6.09 Å². The minimum Gasteiger partial charge on any atom is -0.449 e. The summed E-state index contributed by atoms with van der Waals surface area (Å²) >= 11 is 0. The van der Waals surface area contributed by atoms with Crippen LogP contribution in [0.2, 0.25) is 0 Å². The molecule has 1 aliphatic rings. The summed E-state index contributed by atoms with van der Waals surface area (Å²) in [4.78, 5) is 12.4. The second kappa shape index (κ2) is 7.87. The number of alkyl carbamates (subject to hydrolysis) is 1. The van der Waals surface area contributed by atoms with E-state index in [2.05, 4.69) is 29.6 Å². The van der Waals surface area contributed by atoms with Gasteiger partial charge in [0.05, 0.1) is 12.6 Å². The number of carbonyl (C=O) groups is 1. The van der Waals surface area contributed by atoms with Crippen LogP contribution in [0.15, 0.2) is 72.8 Å². The van der Waals surface area contributed by atoms with E-state index >= 15 is 0 Å². The van der Waals surface area contributed by atoms with Crippen LogP contribution in [0, 0.1) is 6.92 Å². The Bertz CT molecular complexity index is 936. The van der Waals surface area contributed by atoms with Crippen molar-refractivity contribution in [2.75, 3.05) is 13.2 Å². The molecule has 1 atom stereocenters. The van der Waals surface area contributed by atoms with Crippen molar-refractivity contribution in [1.29, 1.82) is 0 Å². The molecule has 1 amide bonds. The molecule has 0 aromatic heterocycles. The van der Waals surface area contributed by atoms with Crippen molar-refractivity contribution in [2.45, 2.75) is 18.9 Å². The van der Waals surface area contributed by atoms with E-state index in [-0.39, 0.29) is 19.1 Å². The molecular weight excluding hydrogens is 350 g/mol. The normalized spacial score (nSPS) is 13.5. The third-order valence-corrected chi connectivity index (χ3v) is 5.30. The quantitative estimate of drug-likeness (QED) is 0.689. The largest absolute Gasteiger partial charge is 0.449 e. The maximum Gasteiger partial charge on any atom is 0.407 e. The highest BCUT2D eigenvalue weighted by Gasteiger charge is 2.29. The molecule has 3 aromatic rings. The van der Waals surface area contributed by atoms with Gasteiger partial charge in [0.1, 0.15) is 6.61 Å². The maximum absolute atomic E-state index is 12.4. The van der Waals surface area contributed by atoms with Gasteiger partial charge in [0.25, 0.3) is 0 Å². The first kappa shape index (κ1) is 18.3. The summed E-state index contributed by atoms with van der Waals surface area (Å²) in [6.45, 7) is 2.07. The van der Waals surface area contributed by atoms with Crippen molar-refractivity contribution in [1.82, 2.24) is 5.32 Å². The Morgan fingerprint density at radius 1 is 0.964 bits per heavy atom. The lowest BCUT2D eigenvalue weighted by Crippen LogP contribution is -2.32. The maximum atomic E-state index is 12.4. The third-order valence-electron chi connectivity index (χ3n) is 5.30.